The van der Waals surface area contributed by atoms with Gasteiger partial charge in [0.1, 0.15) is 5.75 Å². The van der Waals surface area contributed by atoms with Crippen molar-refractivity contribution in [2.45, 2.75) is 38.5 Å². The summed E-state index contributed by atoms with van der Waals surface area (Å²) >= 11 is 0. The van der Waals surface area contributed by atoms with Gasteiger partial charge in [-0.3, -0.25) is 0 Å². The summed E-state index contributed by atoms with van der Waals surface area (Å²) in [4.78, 5) is 0. The Kier molecular flexibility index (Phi) is 3.70. The van der Waals surface area contributed by atoms with Crippen molar-refractivity contribution in [1.82, 2.24) is 0 Å². The van der Waals surface area contributed by atoms with Crippen LogP contribution >= 0.6 is 0 Å². The number of benzene rings is 1. The fraction of sp³-hybridized carbons (Fsp3) is 0.571. The van der Waals surface area contributed by atoms with E-state index in [-0.39, 0.29) is 0 Å². The third kappa shape index (κ3) is 2.69. The van der Waals surface area contributed by atoms with Gasteiger partial charge in [0.2, 0.25) is 0 Å². The maximum absolute atomic E-state index is 9.53. The van der Waals surface area contributed by atoms with Crippen LogP contribution in [-0.2, 0) is 6.42 Å². The van der Waals surface area contributed by atoms with Gasteiger partial charge in [0.05, 0.1) is 0 Å². The van der Waals surface area contributed by atoms with E-state index in [1.165, 1.54) is 37.7 Å². The van der Waals surface area contributed by atoms with Gasteiger partial charge in [0.15, 0.2) is 0 Å². The topological polar surface area (TPSA) is 32.3 Å². The summed E-state index contributed by atoms with van der Waals surface area (Å²) in [5.74, 6) is 1.19. The second kappa shape index (κ2) is 5.24. The Balaban J connectivity index is 2.09. The van der Waals surface area contributed by atoms with E-state index in [2.05, 4.69) is 5.32 Å². The summed E-state index contributed by atoms with van der Waals surface area (Å²) in [6.07, 6.45) is 7.94. The number of hydrogen-bond donors (Lipinski definition) is 2. The van der Waals surface area contributed by atoms with Crippen molar-refractivity contribution in [2.75, 3.05) is 12.4 Å². The minimum absolute atomic E-state index is 0.379. The summed E-state index contributed by atoms with van der Waals surface area (Å²) in [7, 11) is 1.94. The second-order valence-corrected chi connectivity index (χ2v) is 4.80. The molecule has 1 aliphatic carbocycles. The van der Waals surface area contributed by atoms with Gasteiger partial charge in [-0.1, -0.05) is 32.1 Å². The largest absolute Gasteiger partial charge is 0.508 e. The molecule has 0 atom stereocenters. The normalized spacial score (nSPS) is 17.3. The average Bonchev–Trinajstić information content (AvgIpc) is 2.31. The number of rotatable bonds is 3. The van der Waals surface area contributed by atoms with E-state index in [1.807, 2.05) is 19.2 Å². The second-order valence-electron chi connectivity index (χ2n) is 4.80. The third-order valence-corrected chi connectivity index (χ3v) is 3.59. The quantitative estimate of drug-likeness (QED) is 0.762. The summed E-state index contributed by atoms with van der Waals surface area (Å²) in [6, 6.07) is 5.62. The first-order valence-electron chi connectivity index (χ1n) is 6.29. The van der Waals surface area contributed by atoms with E-state index in [9.17, 15) is 5.11 Å². The predicted molar refractivity (Wildman–Crippen MR) is 67.9 cm³/mol. The zero-order valence-electron chi connectivity index (χ0n) is 10.00. The Morgan fingerprint density at radius 3 is 2.69 bits per heavy atom. The van der Waals surface area contributed by atoms with Crippen molar-refractivity contribution in [3.05, 3.63) is 23.8 Å². The molecule has 0 saturated heterocycles. The van der Waals surface area contributed by atoms with Crippen LogP contribution in [-0.4, -0.2) is 12.2 Å². The van der Waals surface area contributed by atoms with E-state index in [4.69, 9.17) is 0 Å². The monoisotopic (exact) mass is 219 g/mol. The lowest BCUT2D eigenvalue weighted by atomic mass is 9.84. The summed E-state index contributed by atoms with van der Waals surface area (Å²) in [6.45, 7) is 0. The smallest absolute Gasteiger partial charge is 0.116 e. The van der Waals surface area contributed by atoms with E-state index >= 15 is 0 Å². The molecule has 0 spiro atoms. The number of phenols is 1. The molecule has 1 aromatic carbocycles. The predicted octanol–water partition coefficient (Wildman–Crippen LogP) is 3.56. The first-order chi connectivity index (χ1) is 7.79. The molecule has 0 heterocycles. The third-order valence-electron chi connectivity index (χ3n) is 3.59. The van der Waals surface area contributed by atoms with Crippen molar-refractivity contribution < 1.29 is 5.11 Å². The molecule has 0 unspecified atom stereocenters. The lowest BCUT2D eigenvalue weighted by Crippen LogP contribution is -2.10. The molecule has 1 aromatic rings. The van der Waals surface area contributed by atoms with Gasteiger partial charge in [0, 0.05) is 12.7 Å². The maximum Gasteiger partial charge on any atom is 0.116 e. The molecule has 2 rings (SSSR count). The van der Waals surface area contributed by atoms with E-state index < -0.39 is 0 Å². The summed E-state index contributed by atoms with van der Waals surface area (Å²) in [5.41, 5.74) is 2.41. The summed E-state index contributed by atoms with van der Waals surface area (Å²) in [5, 5.41) is 12.7. The van der Waals surface area contributed by atoms with Gasteiger partial charge < -0.3 is 10.4 Å². The van der Waals surface area contributed by atoms with Gasteiger partial charge >= 0.3 is 0 Å². The van der Waals surface area contributed by atoms with Crippen LogP contribution in [0, 0.1) is 5.92 Å². The fourth-order valence-corrected chi connectivity index (χ4v) is 2.70. The lowest BCUT2D eigenvalue weighted by molar-refractivity contribution is 0.356. The van der Waals surface area contributed by atoms with Crippen molar-refractivity contribution in [3.63, 3.8) is 0 Å². The number of anilines is 1. The van der Waals surface area contributed by atoms with Crippen molar-refractivity contribution in [3.8, 4) is 5.75 Å². The Labute approximate surface area is 97.7 Å². The molecule has 1 fully saturated rings. The highest BCUT2D eigenvalue weighted by Gasteiger charge is 2.15. The average molecular weight is 219 g/mol. The summed E-state index contributed by atoms with van der Waals surface area (Å²) < 4.78 is 0. The number of aromatic hydroxyl groups is 1. The molecule has 0 aliphatic heterocycles. The molecule has 16 heavy (non-hydrogen) atoms. The van der Waals surface area contributed by atoms with Gasteiger partial charge in [-0.2, -0.15) is 0 Å². The Bertz CT molecular complexity index is 343. The highest BCUT2D eigenvalue weighted by molar-refractivity contribution is 5.53. The number of nitrogens with one attached hydrogen (secondary N) is 1. The van der Waals surface area contributed by atoms with Crippen molar-refractivity contribution in [1.29, 1.82) is 0 Å². The van der Waals surface area contributed by atoms with Crippen molar-refractivity contribution in [2.24, 2.45) is 5.92 Å². The molecule has 2 nitrogen and oxygen atoms in total. The number of hydrogen-bond acceptors (Lipinski definition) is 2. The first-order valence-corrected chi connectivity index (χ1v) is 6.29. The molecule has 2 heteroatoms. The first kappa shape index (κ1) is 11.3. The van der Waals surface area contributed by atoms with E-state index in [0.717, 1.165) is 18.0 Å². The van der Waals surface area contributed by atoms with Crippen LogP contribution in [0.1, 0.15) is 37.7 Å². The van der Waals surface area contributed by atoms with Gasteiger partial charge in [-0.25, -0.2) is 0 Å². The van der Waals surface area contributed by atoms with Gasteiger partial charge in [-0.05, 0) is 36.1 Å². The Morgan fingerprint density at radius 1 is 1.25 bits per heavy atom. The molecule has 1 saturated carbocycles. The minimum atomic E-state index is 0.379. The van der Waals surface area contributed by atoms with Crippen LogP contribution in [0.4, 0.5) is 5.69 Å². The highest BCUT2D eigenvalue weighted by Crippen LogP contribution is 2.30. The zero-order valence-corrected chi connectivity index (χ0v) is 10.00. The molecule has 0 radical (unpaired) electrons. The minimum Gasteiger partial charge on any atom is -0.508 e. The molecule has 0 aromatic heterocycles. The van der Waals surface area contributed by atoms with E-state index in [0.29, 0.717) is 5.75 Å². The number of phenolic OH excluding ortho intramolecular Hbond substituents is 1. The van der Waals surface area contributed by atoms with Crippen LogP contribution in [0.3, 0.4) is 0 Å². The van der Waals surface area contributed by atoms with Crippen LogP contribution < -0.4 is 5.32 Å². The standard InChI is InChI=1S/C14H21NO/c1-15-14-8-7-13(16)10-12(14)9-11-5-3-2-4-6-11/h7-8,10-11,15-16H,2-6,9H2,1H3. The van der Waals surface area contributed by atoms with Crippen LogP contribution in [0.2, 0.25) is 0 Å². The van der Waals surface area contributed by atoms with Crippen LogP contribution in [0.5, 0.6) is 5.75 Å². The highest BCUT2D eigenvalue weighted by atomic mass is 16.3. The molecule has 88 valence electrons. The van der Waals surface area contributed by atoms with Crippen molar-refractivity contribution >= 4 is 5.69 Å². The van der Waals surface area contributed by atoms with Crippen LogP contribution in [0.25, 0.3) is 0 Å². The van der Waals surface area contributed by atoms with Gasteiger partial charge in [-0.15, -0.1) is 0 Å². The Hall–Kier alpha value is -1.18. The Morgan fingerprint density at radius 2 is 2.00 bits per heavy atom. The van der Waals surface area contributed by atoms with E-state index in [1.54, 1.807) is 6.07 Å². The molecular formula is C14H21NO. The van der Waals surface area contributed by atoms with Gasteiger partial charge in [0.25, 0.3) is 0 Å². The molecule has 0 amide bonds. The maximum atomic E-state index is 9.53. The molecule has 2 N–H and O–H groups in total. The SMILES string of the molecule is CNc1ccc(O)cc1CC1CCCCC1. The fourth-order valence-electron chi connectivity index (χ4n) is 2.70. The zero-order chi connectivity index (χ0) is 11.4. The van der Waals surface area contributed by atoms with Crippen LogP contribution in [0.15, 0.2) is 18.2 Å². The molecular weight excluding hydrogens is 198 g/mol. The molecule has 1 aliphatic rings. The molecule has 0 bridgehead atoms. The lowest BCUT2D eigenvalue weighted by Gasteiger charge is -2.22.